The fourth-order valence-electron chi connectivity index (χ4n) is 8.86. The van der Waals surface area contributed by atoms with Crippen LogP contribution in [0.4, 0.5) is 25.8 Å². The summed E-state index contributed by atoms with van der Waals surface area (Å²) in [5.41, 5.74) is 2.88. The van der Waals surface area contributed by atoms with Gasteiger partial charge in [-0.15, -0.1) is 0 Å². The van der Waals surface area contributed by atoms with Gasteiger partial charge in [0.1, 0.15) is 6.04 Å². The van der Waals surface area contributed by atoms with Crippen LogP contribution in [0.25, 0.3) is 0 Å². The zero-order valence-electron chi connectivity index (χ0n) is 31.1. The van der Waals surface area contributed by atoms with Gasteiger partial charge >= 0.3 is 0 Å². The van der Waals surface area contributed by atoms with Crippen LogP contribution in [0, 0.1) is 11.3 Å². The second kappa shape index (κ2) is 16.7. The third-order valence-corrected chi connectivity index (χ3v) is 12.0. The van der Waals surface area contributed by atoms with Crippen molar-refractivity contribution < 1.29 is 23.2 Å². The average Bonchev–Trinajstić information content (AvgIpc) is 3.44. The molecule has 5 fully saturated rings. The molecule has 50 heavy (non-hydrogen) atoms. The molecule has 12 heteroatoms. The van der Waals surface area contributed by atoms with Crippen LogP contribution >= 0.6 is 0 Å². The molecule has 1 aliphatic carbocycles. The summed E-state index contributed by atoms with van der Waals surface area (Å²) in [4.78, 5) is 48.4. The van der Waals surface area contributed by atoms with Crippen molar-refractivity contribution in [3.8, 4) is 0 Å². The normalized spacial score (nSPS) is 28.5. The van der Waals surface area contributed by atoms with Gasteiger partial charge in [-0.05, 0) is 75.6 Å². The Morgan fingerprint density at radius 2 is 1.68 bits per heavy atom. The van der Waals surface area contributed by atoms with Gasteiger partial charge in [-0.1, -0.05) is 39.2 Å². The smallest absolute Gasteiger partial charge is 0.275 e. The van der Waals surface area contributed by atoms with Crippen LogP contribution in [0.15, 0.2) is 18.2 Å². The van der Waals surface area contributed by atoms with Gasteiger partial charge in [0.15, 0.2) is 0 Å². The molecule has 4 heterocycles. The molecule has 0 spiro atoms. The number of carbonyl (C=O) groups excluding carboxylic acids is 3. The Kier molecular flexibility index (Phi) is 12.8. The number of nitrogens with zero attached hydrogens (tertiary/aromatic N) is 6. The maximum atomic E-state index is 15.5. The number of anilines is 3. The number of nitrogens with one attached hydrogen (secondary N) is 1. The quantitative estimate of drug-likeness (QED) is 0.294. The van der Waals surface area contributed by atoms with Crippen LogP contribution < -0.4 is 20.0 Å². The molecule has 6 rings (SSSR count). The number of carbonyl (C=O) groups is 3. The van der Waals surface area contributed by atoms with Crippen molar-refractivity contribution in [2.24, 2.45) is 11.3 Å². The van der Waals surface area contributed by atoms with E-state index in [9.17, 15) is 14.4 Å². The SMILES string of the molecule is CCC1(C)CCN(C)C1.CN(C)c1c(N2CCN(C3CCN(CC4CCCCC4)CC3(F)F)CC2)cccc1N(C=O)C1CCC(=O)NC1=O. The van der Waals surface area contributed by atoms with E-state index in [0.29, 0.717) is 56.0 Å². The number of rotatable bonds is 9. The Balaban J connectivity index is 0.000000470. The molecule has 1 aromatic carbocycles. The van der Waals surface area contributed by atoms with E-state index in [4.69, 9.17) is 0 Å². The lowest BCUT2D eigenvalue weighted by atomic mass is 9.87. The molecule has 280 valence electrons. The highest BCUT2D eigenvalue weighted by atomic mass is 19.3. The average molecular weight is 702 g/mol. The number of hydrogen-bond donors (Lipinski definition) is 1. The molecule has 3 amide bonds. The molecule has 5 aliphatic rings. The Hall–Kier alpha value is -2.83. The van der Waals surface area contributed by atoms with Crippen LogP contribution in [-0.2, 0) is 14.4 Å². The van der Waals surface area contributed by atoms with Gasteiger partial charge in [-0.3, -0.25) is 29.5 Å². The van der Waals surface area contributed by atoms with Crippen LogP contribution in [-0.4, -0.2) is 131 Å². The minimum atomic E-state index is -2.74. The van der Waals surface area contributed by atoms with Crippen molar-refractivity contribution in [2.45, 2.75) is 96.1 Å². The van der Waals surface area contributed by atoms with Gasteiger partial charge in [-0.2, -0.15) is 0 Å². The van der Waals surface area contributed by atoms with Gasteiger partial charge in [0, 0.05) is 66.3 Å². The monoisotopic (exact) mass is 701 g/mol. The number of imide groups is 1. The third-order valence-electron chi connectivity index (χ3n) is 12.0. The summed E-state index contributed by atoms with van der Waals surface area (Å²) >= 11 is 0. The molecule has 4 aliphatic heterocycles. The lowest BCUT2D eigenvalue weighted by molar-refractivity contribution is -0.135. The summed E-state index contributed by atoms with van der Waals surface area (Å²) in [6.45, 7) is 10.9. The van der Waals surface area contributed by atoms with E-state index in [1.807, 2.05) is 40.9 Å². The van der Waals surface area contributed by atoms with Crippen molar-refractivity contribution in [3.05, 3.63) is 18.2 Å². The van der Waals surface area contributed by atoms with Crippen molar-refractivity contribution in [1.82, 2.24) is 20.0 Å². The largest absolute Gasteiger partial charge is 0.374 e. The standard InChI is InChI=1S/C30H44F2N6O3.C8H17N/c1-34(2)28-23(9-6-10-24(28)38(21-39)25-11-12-27(40)33-29(25)41)36-15-17-37(18-16-36)26-13-14-35(20-30(26,31)32)19-22-7-4-3-5-8-22;1-4-8(2)5-6-9(3)7-8/h6,9-10,21-22,25-26H,3-5,7-8,11-20H2,1-2H3,(H,33,40,41);4-7H2,1-3H3. The highest BCUT2D eigenvalue weighted by molar-refractivity contribution is 6.05. The topological polar surface area (TPSA) is 82.7 Å². The van der Waals surface area contributed by atoms with Crippen molar-refractivity contribution in [2.75, 3.05) is 94.7 Å². The number of alkyl halides is 2. The summed E-state index contributed by atoms with van der Waals surface area (Å²) in [6, 6.07) is 4.10. The fourth-order valence-corrected chi connectivity index (χ4v) is 8.86. The van der Waals surface area contributed by atoms with Gasteiger partial charge in [0.05, 0.1) is 29.6 Å². The number of piperazine rings is 1. The minimum absolute atomic E-state index is 0.150. The molecule has 0 aromatic heterocycles. The number of benzene rings is 1. The zero-order chi connectivity index (χ0) is 36.1. The number of piperidine rings is 2. The van der Waals surface area contributed by atoms with E-state index in [1.54, 1.807) is 6.07 Å². The molecular formula is C38H61F2N7O3. The first-order chi connectivity index (χ1) is 23.8. The molecular weight excluding hydrogens is 640 g/mol. The maximum Gasteiger partial charge on any atom is 0.275 e. The Morgan fingerprint density at radius 1 is 0.960 bits per heavy atom. The Bertz CT molecular complexity index is 1320. The molecule has 0 bridgehead atoms. The maximum absolute atomic E-state index is 15.5. The number of amides is 3. The zero-order valence-corrected chi connectivity index (χ0v) is 31.1. The van der Waals surface area contributed by atoms with Gasteiger partial charge < -0.3 is 19.6 Å². The highest BCUT2D eigenvalue weighted by Crippen LogP contribution is 2.40. The van der Waals surface area contributed by atoms with Gasteiger partial charge in [-0.25, -0.2) is 8.78 Å². The lowest BCUT2D eigenvalue weighted by Crippen LogP contribution is -2.62. The van der Waals surface area contributed by atoms with E-state index >= 15 is 8.78 Å². The molecule has 3 unspecified atom stereocenters. The highest BCUT2D eigenvalue weighted by Gasteiger charge is 2.48. The number of likely N-dealkylation sites (tertiary alicyclic amines) is 2. The predicted molar refractivity (Wildman–Crippen MR) is 196 cm³/mol. The van der Waals surface area contributed by atoms with Crippen LogP contribution in [0.3, 0.4) is 0 Å². The summed E-state index contributed by atoms with van der Waals surface area (Å²) in [7, 11) is 5.97. The minimum Gasteiger partial charge on any atom is -0.374 e. The third kappa shape index (κ3) is 9.14. The summed E-state index contributed by atoms with van der Waals surface area (Å²) in [6.07, 6.45) is 10.3. The second-order valence-corrected chi connectivity index (χ2v) is 16.0. The second-order valence-electron chi connectivity index (χ2n) is 16.0. The number of para-hydroxylation sites is 1. The molecule has 4 saturated heterocycles. The van der Waals surface area contributed by atoms with Crippen molar-refractivity contribution in [1.29, 1.82) is 0 Å². The Morgan fingerprint density at radius 3 is 2.24 bits per heavy atom. The molecule has 10 nitrogen and oxygen atoms in total. The molecule has 0 radical (unpaired) electrons. The first-order valence-corrected chi connectivity index (χ1v) is 19.0. The van der Waals surface area contributed by atoms with Crippen molar-refractivity contribution >= 4 is 35.3 Å². The molecule has 1 saturated carbocycles. The first-order valence-electron chi connectivity index (χ1n) is 19.0. The lowest BCUT2D eigenvalue weighted by Gasteiger charge is -2.47. The van der Waals surface area contributed by atoms with E-state index in [-0.39, 0.29) is 25.3 Å². The van der Waals surface area contributed by atoms with Crippen LogP contribution in [0.1, 0.15) is 78.1 Å². The van der Waals surface area contributed by atoms with E-state index in [0.717, 1.165) is 24.5 Å². The van der Waals surface area contributed by atoms with E-state index in [2.05, 4.69) is 36.0 Å². The summed E-state index contributed by atoms with van der Waals surface area (Å²) in [5, 5.41) is 2.33. The number of hydrogen-bond acceptors (Lipinski definition) is 8. The van der Waals surface area contributed by atoms with Crippen LogP contribution in [0.2, 0.25) is 0 Å². The van der Waals surface area contributed by atoms with Gasteiger partial charge in [0.25, 0.3) is 5.92 Å². The van der Waals surface area contributed by atoms with E-state index in [1.165, 1.54) is 62.9 Å². The fraction of sp³-hybridized carbons (Fsp3) is 0.763. The molecule has 3 atom stereocenters. The Labute approximate surface area is 298 Å². The predicted octanol–water partition coefficient (Wildman–Crippen LogP) is 4.67. The summed E-state index contributed by atoms with van der Waals surface area (Å²) in [5.74, 6) is -3.00. The first kappa shape index (κ1) is 38.4. The molecule has 1 N–H and O–H groups in total. The van der Waals surface area contributed by atoms with Crippen molar-refractivity contribution in [3.63, 3.8) is 0 Å². The number of halogens is 2. The summed E-state index contributed by atoms with van der Waals surface area (Å²) < 4.78 is 30.9. The van der Waals surface area contributed by atoms with E-state index < -0.39 is 23.9 Å². The van der Waals surface area contributed by atoms with Crippen LogP contribution in [0.5, 0.6) is 0 Å². The molecule has 1 aromatic rings. The van der Waals surface area contributed by atoms with Gasteiger partial charge in [0.2, 0.25) is 18.2 Å².